The molecule has 0 aliphatic carbocycles. The van der Waals surface area contributed by atoms with E-state index in [1.807, 2.05) is 36.4 Å². The summed E-state index contributed by atoms with van der Waals surface area (Å²) in [5.41, 5.74) is 2.55. The first kappa shape index (κ1) is 15.1. The SMILES string of the molecule is C=C1C[C@@H](c2ccccc2)n2nc(NC(=O)c3ccccc3)nc2N1. The summed E-state index contributed by atoms with van der Waals surface area (Å²) in [6.45, 7) is 4.03. The molecule has 2 N–H and O–H groups in total. The predicted octanol–water partition coefficient (Wildman–Crippen LogP) is 3.45. The van der Waals surface area contributed by atoms with Crippen LogP contribution in [0.1, 0.15) is 28.4 Å². The molecule has 1 aromatic heterocycles. The van der Waals surface area contributed by atoms with Gasteiger partial charge in [0.25, 0.3) is 11.9 Å². The van der Waals surface area contributed by atoms with Gasteiger partial charge in [-0.15, -0.1) is 5.10 Å². The lowest BCUT2D eigenvalue weighted by molar-refractivity contribution is 0.102. The van der Waals surface area contributed by atoms with Crippen molar-refractivity contribution in [1.82, 2.24) is 14.8 Å². The van der Waals surface area contributed by atoms with Crippen LogP contribution in [0, 0.1) is 0 Å². The Morgan fingerprint density at radius 1 is 1.12 bits per heavy atom. The van der Waals surface area contributed by atoms with Crippen LogP contribution in [0.5, 0.6) is 0 Å². The molecule has 4 rings (SSSR count). The Bertz CT molecular complexity index is 918. The normalized spacial score (nSPS) is 16.0. The summed E-state index contributed by atoms with van der Waals surface area (Å²) >= 11 is 0. The molecule has 0 bridgehead atoms. The molecule has 0 saturated heterocycles. The first-order valence-corrected chi connectivity index (χ1v) is 8.03. The molecule has 1 amide bonds. The summed E-state index contributed by atoms with van der Waals surface area (Å²) in [7, 11) is 0. The maximum absolute atomic E-state index is 12.3. The molecule has 3 aromatic rings. The summed E-state index contributed by atoms with van der Waals surface area (Å²) in [5, 5.41) is 10.4. The third-order valence-corrected chi connectivity index (χ3v) is 4.10. The van der Waals surface area contributed by atoms with E-state index < -0.39 is 0 Å². The number of anilines is 2. The van der Waals surface area contributed by atoms with E-state index in [9.17, 15) is 4.79 Å². The fourth-order valence-corrected chi connectivity index (χ4v) is 2.91. The summed E-state index contributed by atoms with van der Waals surface area (Å²) in [6, 6.07) is 19.1. The standard InChI is InChI=1S/C19H17N5O/c1-13-12-16(14-8-4-2-5-9-14)24-19(20-13)22-18(23-24)21-17(25)15-10-6-3-7-11-15/h2-11,16H,1,12H2,(H2,20,21,22,23,25)/t16-/m0/s1. The number of rotatable bonds is 3. The molecule has 25 heavy (non-hydrogen) atoms. The van der Waals surface area contributed by atoms with Crippen LogP contribution in [0.15, 0.2) is 72.9 Å². The highest BCUT2D eigenvalue weighted by Gasteiger charge is 2.26. The van der Waals surface area contributed by atoms with E-state index in [2.05, 4.69) is 39.4 Å². The van der Waals surface area contributed by atoms with Gasteiger partial charge in [0.1, 0.15) is 0 Å². The lowest BCUT2D eigenvalue weighted by atomic mass is 10.0. The van der Waals surface area contributed by atoms with E-state index in [1.165, 1.54) is 0 Å². The van der Waals surface area contributed by atoms with Gasteiger partial charge in [0.05, 0.1) is 6.04 Å². The fourth-order valence-electron chi connectivity index (χ4n) is 2.91. The number of fused-ring (bicyclic) bond motifs is 1. The van der Waals surface area contributed by atoms with Crippen LogP contribution >= 0.6 is 0 Å². The van der Waals surface area contributed by atoms with Gasteiger partial charge in [-0.2, -0.15) is 4.98 Å². The number of aromatic nitrogens is 3. The van der Waals surface area contributed by atoms with Gasteiger partial charge in [0, 0.05) is 17.7 Å². The second-order valence-electron chi connectivity index (χ2n) is 5.88. The molecule has 0 radical (unpaired) electrons. The van der Waals surface area contributed by atoms with E-state index in [-0.39, 0.29) is 17.9 Å². The molecule has 2 aromatic carbocycles. The third-order valence-electron chi connectivity index (χ3n) is 4.10. The van der Waals surface area contributed by atoms with Crippen molar-refractivity contribution in [1.29, 1.82) is 0 Å². The van der Waals surface area contributed by atoms with E-state index in [0.717, 1.165) is 11.3 Å². The number of hydrogen-bond acceptors (Lipinski definition) is 4. The van der Waals surface area contributed by atoms with Crippen LogP contribution in [0.25, 0.3) is 0 Å². The number of nitrogens with zero attached hydrogens (tertiary/aromatic N) is 3. The summed E-state index contributed by atoms with van der Waals surface area (Å²) in [5.74, 6) is 0.610. The third kappa shape index (κ3) is 3.01. The van der Waals surface area contributed by atoms with Crippen LogP contribution in [-0.4, -0.2) is 20.7 Å². The van der Waals surface area contributed by atoms with Gasteiger partial charge in [-0.3, -0.25) is 10.1 Å². The molecule has 0 saturated carbocycles. The average molecular weight is 331 g/mol. The van der Waals surface area contributed by atoms with Crippen LogP contribution in [0.3, 0.4) is 0 Å². The monoisotopic (exact) mass is 331 g/mol. The highest BCUT2D eigenvalue weighted by atomic mass is 16.1. The Balaban J connectivity index is 1.63. The first-order chi connectivity index (χ1) is 12.2. The van der Waals surface area contributed by atoms with Gasteiger partial charge in [-0.25, -0.2) is 4.68 Å². The number of carbonyl (C=O) groups excluding carboxylic acids is 1. The van der Waals surface area contributed by atoms with Crippen molar-refractivity contribution in [3.05, 3.63) is 84.1 Å². The topological polar surface area (TPSA) is 71.8 Å². The predicted molar refractivity (Wildman–Crippen MR) is 96.4 cm³/mol. The minimum atomic E-state index is -0.237. The zero-order chi connectivity index (χ0) is 17.2. The molecule has 0 unspecified atom stereocenters. The number of nitrogens with one attached hydrogen (secondary N) is 2. The molecule has 124 valence electrons. The molecule has 1 aliphatic heterocycles. The smallest absolute Gasteiger partial charge is 0.258 e. The molecule has 0 spiro atoms. The van der Waals surface area contributed by atoms with Gasteiger partial charge in [0.2, 0.25) is 5.95 Å². The molecular formula is C19H17N5O. The molecule has 0 fully saturated rings. The number of amides is 1. The van der Waals surface area contributed by atoms with Gasteiger partial charge in [0.15, 0.2) is 0 Å². The van der Waals surface area contributed by atoms with Crippen molar-refractivity contribution >= 4 is 17.8 Å². The highest BCUT2D eigenvalue weighted by Crippen LogP contribution is 2.32. The van der Waals surface area contributed by atoms with Crippen LogP contribution in [0.2, 0.25) is 0 Å². The Morgan fingerprint density at radius 3 is 2.52 bits per heavy atom. The molecule has 1 aliphatic rings. The molecule has 2 heterocycles. The first-order valence-electron chi connectivity index (χ1n) is 8.03. The Hall–Kier alpha value is -3.41. The summed E-state index contributed by atoms with van der Waals surface area (Å²) < 4.78 is 1.80. The Labute approximate surface area is 145 Å². The second kappa shape index (κ2) is 6.24. The quantitative estimate of drug-likeness (QED) is 0.771. The summed E-state index contributed by atoms with van der Waals surface area (Å²) in [4.78, 5) is 16.7. The number of carbonyl (C=O) groups is 1. The molecule has 1 atom stereocenters. The maximum Gasteiger partial charge on any atom is 0.258 e. The number of allylic oxidation sites excluding steroid dienone is 1. The van der Waals surface area contributed by atoms with Crippen molar-refractivity contribution in [3.8, 4) is 0 Å². The minimum absolute atomic E-state index is 0.000160. The van der Waals surface area contributed by atoms with Gasteiger partial charge < -0.3 is 5.32 Å². The van der Waals surface area contributed by atoms with Crippen LogP contribution < -0.4 is 10.6 Å². The largest absolute Gasteiger partial charge is 0.329 e. The average Bonchev–Trinajstić information content (AvgIpc) is 3.04. The zero-order valence-electron chi connectivity index (χ0n) is 13.5. The highest BCUT2D eigenvalue weighted by molar-refractivity contribution is 6.03. The van der Waals surface area contributed by atoms with Crippen molar-refractivity contribution < 1.29 is 4.79 Å². The van der Waals surface area contributed by atoms with E-state index in [4.69, 9.17) is 0 Å². The van der Waals surface area contributed by atoms with E-state index >= 15 is 0 Å². The van der Waals surface area contributed by atoms with E-state index in [0.29, 0.717) is 17.9 Å². The lowest BCUT2D eigenvalue weighted by Crippen LogP contribution is -2.23. The fraction of sp³-hybridized carbons (Fsp3) is 0.105. The lowest BCUT2D eigenvalue weighted by Gasteiger charge is -2.26. The summed E-state index contributed by atoms with van der Waals surface area (Å²) in [6.07, 6.45) is 0.715. The molecular weight excluding hydrogens is 314 g/mol. The van der Waals surface area contributed by atoms with Gasteiger partial charge in [-0.1, -0.05) is 55.1 Å². The van der Waals surface area contributed by atoms with Crippen LogP contribution in [0.4, 0.5) is 11.9 Å². The van der Waals surface area contributed by atoms with Crippen molar-refractivity contribution in [2.75, 3.05) is 10.6 Å². The van der Waals surface area contributed by atoms with Crippen molar-refractivity contribution in [3.63, 3.8) is 0 Å². The maximum atomic E-state index is 12.3. The van der Waals surface area contributed by atoms with Crippen LogP contribution in [-0.2, 0) is 0 Å². The minimum Gasteiger partial charge on any atom is -0.329 e. The Kier molecular flexibility index (Phi) is 3.78. The Morgan fingerprint density at radius 2 is 1.80 bits per heavy atom. The second-order valence-corrected chi connectivity index (χ2v) is 5.88. The molecule has 6 nitrogen and oxygen atoms in total. The van der Waals surface area contributed by atoms with E-state index in [1.54, 1.807) is 16.8 Å². The van der Waals surface area contributed by atoms with Gasteiger partial charge in [-0.05, 0) is 17.7 Å². The number of benzene rings is 2. The van der Waals surface area contributed by atoms with Crippen molar-refractivity contribution in [2.24, 2.45) is 0 Å². The zero-order valence-corrected chi connectivity index (χ0v) is 13.5. The number of hydrogen-bond donors (Lipinski definition) is 2. The molecule has 6 heteroatoms. The van der Waals surface area contributed by atoms with Crippen molar-refractivity contribution in [2.45, 2.75) is 12.5 Å². The van der Waals surface area contributed by atoms with Gasteiger partial charge >= 0.3 is 0 Å².